The molecule has 2 amide bonds. The van der Waals surface area contributed by atoms with Gasteiger partial charge in [-0.25, -0.2) is 9.78 Å². The smallest absolute Gasteiger partial charge is 0.319 e. The number of hydrogen-bond donors (Lipinski definition) is 3. The van der Waals surface area contributed by atoms with Crippen molar-refractivity contribution >= 4 is 11.7 Å². The van der Waals surface area contributed by atoms with Crippen molar-refractivity contribution in [1.82, 2.24) is 10.3 Å². The Bertz CT molecular complexity index is 855. The number of aromatic nitrogens is 1. The molecule has 0 aliphatic rings. The Morgan fingerprint density at radius 1 is 1.28 bits per heavy atom. The molecule has 3 N–H and O–H groups in total. The molecule has 0 spiro atoms. The first kappa shape index (κ1) is 16.8. The number of anilines is 1. The third-order valence-electron chi connectivity index (χ3n) is 3.68. The molecule has 3 aromatic rings. The average Bonchev–Trinajstić information content (AvgIpc) is 3.26. The van der Waals surface area contributed by atoms with Crippen LogP contribution in [0.4, 0.5) is 10.5 Å². The van der Waals surface area contributed by atoms with Gasteiger partial charge in [0.25, 0.3) is 0 Å². The molecule has 7 heteroatoms. The van der Waals surface area contributed by atoms with E-state index >= 15 is 0 Å². The Balaban J connectivity index is 1.64. The Kier molecular flexibility index (Phi) is 4.85. The lowest BCUT2D eigenvalue weighted by molar-refractivity contribution is 0.149. The molecule has 130 valence electrons. The molecule has 1 atom stereocenters. The molecule has 2 heterocycles. The number of carbonyl (C=O) groups excluding carboxylic acids is 1. The number of furan rings is 1. The summed E-state index contributed by atoms with van der Waals surface area (Å²) in [4.78, 5) is 16.4. The highest BCUT2D eigenvalue weighted by molar-refractivity contribution is 5.90. The van der Waals surface area contributed by atoms with E-state index in [1.54, 1.807) is 24.5 Å². The van der Waals surface area contributed by atoms with Crippen molar-refractivity contribution in [3.8, 4) is 11.5 Å². The van der Waals surface area contributed by atoms with Crippen LogP contribution in [0.5, 0.6) is 0 Å². The lowest BCUT2D eigenvalue weighted by Crippen LogP contribution is -2.32. The van der Waals surface area contributed by atoms with Crippen molar-refractivity contribution in [3.05, 3.63) is 59.9 Å². The van der Waals surface area contributed by atoms with Crippen molar-refractivity contribution in [3.63, 3.8) is 0 Å². The molecule has 0 aliphatic heterocycles. The Morgan fingerprint density at radius 3 is 2.80 bits per heavy atom. The number of nitrogens with zero attached hydrogens (tertiary/aromatic N) is 1. The summed E-state index contributed by atoms with van der Waals surface area (Å²) in [5.74, 6) is 0.895. The van der Waals surface area contributed by atoms with Crippen LogP contribution in [0.2, 0.25) is 0 Å². The van der Waals surface area contributed by atoms with Gasteiger partial charge >= 0.3 is 6.03 Å². The van der Waals surface area contributed by atoms with E-state index in [1.165, 1.54) is 6.26 Å². The molecule has 7 nitrogen and oxygen atoms in total. The van der Waals surface area contributed by atoms with E-state index in [0.717, 1.165) is 16.8 Å². The first-order valence-electron chi connectivity index (χ1n) is 7.82. The van der Waals surface area contributed by atoms with Crippen molar-refractivity contribution in [2.75, 3.05) is 11.9 Å². The highest BCUT2D eigenvalue weighted by atomic mass is 16.4. The second-order valence-electron chi connectivity index (χ2n) is 5.69. The van der Waals surface area contributed by atoms with Gasteiger partial charge in [-0.1, -0.05) is 6.07 Å². The minimum atomic E-state index is -0.900. The third kappa shape index (κ3) is 4.07. The van der Waals surface area contributed by atoms with Crippen molar-refractivity contribution < 1.29 is 18.7 Å². The average molecular weight is 341 g/mol. The van der Waals surface area contributed by atoms with Gasteiger partial charge in [-0.3, -0.25) is 0 Å². The fourth-order valence-corrected chi connectivity index (χ4v) is 2.31. The molecule has 0 bridgehead atoms. The Hall–Kier alpha value is -3.06. The van der Waals surface area contributed by atoms with Gasteiger partial charge < -0.3 is 24.6 Å². The minimum Gasteiger partial charge on any atom is -0.467 e. The number of oxazole rings is 1. The molecular weight excluding hydrogens is 322 g/mol. The summed E-state index contributed by atoms with van der Waals surface area (Å²) < 4.78 is 10.5. The third-order valence-corrected chi connectivity index (χ3v) is 3.68. The molecular formula is C18H19N3O4. The molecule has 1 unspecified atom stereocenters. The summed E-state index contributed by atoms with van der Waals surface area (Å²) >= 11 is 0. The number of aliphatic hydroxyl groups excluding tert-OH is 1. The highest BCUT2D eigenvalue weighted by Gasteiger charge is 2.13. The zero-order chi connectivity index (χ0) is 17.8. The molecule has 0 fully saturated rings. The zero-order valence-corrected chi connectivity index (χ0v) is 13.9. The molecule has 0 radical (unpaired) electrons. The van der Waals surface area contributed by atoms with Gasteiger partial charge in [-0.2, -0.15) is 0 Å². The van der Waals surface area contributed by atoms with E-state index in [4.69, 9.17) is 8.83 Å². The monoisotopic (exact) mass is 341 g/mol. The molecule has 2 aromatic heterocycles. The predicted octanol–water partition coefficient (Wildman–Crippen LogP) is 3.41. The Labute approximate surface area is 144 Å². The number of carbonyl (C=O) groups is 1. The summed E-state index contributed by atoms with van der Waals surface area (Å²) in [6, 6.07) is 8.46. The fraction of sp³-hybridized carbons (Fsp3) is 0.222. The molecule has 25 heavy (non-hydrogen) atoms. The fourth-order valence-electron chi connectivity index (χ4n) is 2.31. The standard InChI is InChI=1S/C18H19N3O4/c1-11-5-6-13(17-20-12(2)10-25-17)8-14(11)21-18(23)19-9-15(22)16-4-3-7-24-16/h3-8,10,15,22H,9H2,1-2H3,(H2,19,21,23). The molecule has 0 saturated heterocycles. The predicted molar refractivity (Wildman–Crippen MR) is 92.1 cm³/mol. The van der Waals surface area contributed by atoms with E-state index < -0.39 is 12.1 Å². The van der Waals surface area contributed by atoms with Crippen molar-refractivity contribution in [2.45, 2.75) is 20.0 Å². The number of amides is 2. The van der Waals surface area contributed by atoms with Gasteiger partial charge in [0.15, 0.2) is 0 Å². The van der Waals surface area contributed by atoms with E-state index in [2.05, 4.69) is 15.6 Å². The zero-order valence-electron chi connectivity index (χ0n) is 13.9. The number of aliphatic hydroxyl groups is 1. The second-order valence-corrected chi connectivity index (χ2v) is 5.69. The number of benzene rings is 1. The molecule has 1 aromatic carbocycles. The summed E-state index contributed by atoms with van der Waals surface area (Å²) in [6.45, 7) is 3.77. The number of urea groups is 1. The Morgan fingerprint density at radius 2 is 2.12 bits per heavy atom. The van der Waals surface area contributed by atoms with Gasteiger partial charge in [0.2, 0.25) is 5.89 Å². The SMILES string of the molecule is Cc1coc(-c2ccc(C)c(NC(=O)NCC(O)c3ccco3)c2)n1. The minimum absolute atomic E-state index is 0.0387. The van der Waals surface area contributed by atoms with Crippen molar-refractivity contribution in [2.24, 2.45) is 0 Å². The van der Waals surface area contributed by atoms with Crippen LogP contribution in [0.15, 0.2) is 51.7 Å². The number of rotatable bonds is 5. The van der Waals surface area contributed by atoms with Crippen LogP contribution in [-0.2, 0) is 0 Å². The van der Waals surface area contributed by atoms with Crippen LogP contribution in [-0.4, -0.2) is 22.7 Å². The number of nitrogens with one attached hydrogen (secondary N) is 2. The van der Waals surface area contributed by atoms with Gasteiger partial charge in [0.1, 0.15) is 18.1 Å². The molecule has 0 aliphatic carbocycles. The quantitative estimate of drug-likeness (QED) is 0.660. The summed E-state index contributed by atoms with van der Waals surface area (Å²) in [7, 11) is 0. The molecule has 0 saturated carbocycles. The maximum atomic E-state index is 12.1. The van der Waals surface area contributed by atoms with Crippen LogP contribution in [0, 0.1) is 13.8 Å². The van der Waals surface area contributed by atoms with Crippen LogP contribution in [0.3, 0.4) is 0 Å². The first-order valence-corrected chi connectivity index (χ1v) is 7.82. The van der Waals surface area contributed by atoms with E-state index in [1.807, 2.05) is 26.0 Å². The normalized spacial score (nSPS) is 12.0. The lowest BCUT2D eigenvalue weighted by Gasteiger charge is -2.12. The summed E-state index contributed by atoms with van der Waals surface area (Å²) in [5, 5.41) is 15.3. The summed E-state index contributed by atoms with van der Waals surface area (Å²) in [5.41, 5.74) is 3.09. The van der Waals surface area contributed by atoms with E-state index in [9.17, 15) is 9.90 Å². The maximum absolute atomic E-state index is 12.1. The molecule has 3 rings (SSSR count). The first-order chi connectivity index (χ1) is 12.0. The summed E-state index contributed by atoms with van der Waals surface area (Å²) in [6.07, 6.45) is 2.14. The van der Waals surface area contributed by atoms with E-state index in [-0.39, 0.29) is 6.54 Å². The van der Waals surface area contributed by atoms with Crippen LogP contribution < -0.4 is 10.6 Å². The topological polar surface area (TPSA) is 101 Å². The van der Waals surface area contributed by atoms with E-state index in [0.29, 0.717) is 17.3 Å². The number of hydrogen-bond acceptors (Lipinski definition) is 5. The highest BCUT2D eigenvalue weighted by Crippen LogP contribution is 2.25. The van der Waals surface area contributed by atoms with Crippen LogP contribution in [0.1, 0.15) is 23.1 Å². The van der Waals surface area contributed by atoms with Gasteiger partial charge in [0.05, 0.1) is 18.5 Å². The van der Waals surface area contributed by atoms with Crippen molar-refractivity contribution in [1.29, 1.82) is 0 Å². The number of aryl methyl sites for hydroxylation is 2. The van der Waals surface area contributed by atoms with Crippen LogP contribution in [0.25, 0.3) is 11.5 Å². The van der Waals surface area contributed by atoms with Gasteiger partial charge in [-0.15, -0.1) is 0 Å². The lowest BCUT2D eigenvalue weighted by atomic mass is 10.1. The largest absolute Gasteiger partial charge is 0.467 e. The maximum Gasteiger partial charge on any atom is 0.319 e. The van der Waals surface area contributed by atoms with Gasteiger partial charge in [0, 0.05) is 11.3 Å². The van der Waals surface area contributed by atoms with Gasteiger partial charge in [-0.05, 0) is 43.7 Å². The van der Waals surface area contributed by atoms with Crippen LogP contribution >= 0.6 is 0 Å². The second kappa shape index (κ2) is 7.23.